The number of esters is 2. The number of likely N-dealkylation sites (tertiary alicyclic amines) is 1. The number of unbranched alkanes of at least 4 members (excludes halogenated alkanes) is 1. The molecule has 50 heavy (non-hydrogen) atoms. The van der Waals surface area contributed by atoms with Crippen LogP contribution in [0.3, 0.4) is 0 Å². The molecular formula is C39H56N2O8Si. The topological polar surface area (TPSA) is 112 Å². The molecular weight excluding hydrogens is 653 g/mol. The summed E-state index contributed by atoms with van der Waals surface area (Å²) in [5, 5.41) is 0. The normalized spacial score (nSPS) is 15.2. The minimum Gasteiger partial charge on any atom is -0.494 e. The maximum Gasteiger partial charge on any atom is 0.410 e. The fourth-order valence-electron chi connectivity index (χ4n) is 5.48. The van der Waals surface area contributed by atoms with E-state index in [0.717, 1.165) is 17.2 Å². The van der Waals surface area contributed by atoms with E-state index < -0.39 is 37.8 Å². The average molecular weight is 709 g/mol. The molecule has 0 bridgehead atoms. The van der Waals surface area contributed by atoms with Gasteiger partial charge in [-0.1, -0.05) is 74.8 Å². The molecule has 1 saturated heterocycles. The van der Waals surface area contributed by atoms with Gasteiger partial charge in [0.15, 0.2) is 0 Å². The summed E-state index contributed by atoms with van der Waals surface area (Å²) < 4.78 is 22.4. The number of nitrogens with zero attached hydrogens (tertiary/aromatic N) is 2. The van der Waals surface area contributed by atoms with Crippen molar-refractivity contribution in [2.75, 3.05) is 26.4 Å². The highest BCUT2D eigenvalue weighted by atomic mass is 28.3. The van der Waals surface area contributed by atoms with Gasteiger partial charge in [-0.05, 0) is 75.8 Å². The number of hydrogen-bond donors (Lipinski definition) is 0. The monoisotopic (exact) mass is 708 g/mol. The van der Waals surface area contributed by atoms with Crippen LogP contribution >= 0.6 is 0 Å². The third kappa shape index (κ3) is 14.0. The lowest BCUT2D eigenvalue weighted by Gasteiger charge is -2.35. The Balaban J connectivity index is 1.74. The van der Waals surface area contributed by atoms with Gasteiger partial charge in [-0.25, -0.2) is 9.59 Å². The molecule has 0 spiro atoms. The fraction of sp³-hybridized carbons (Fsp3) is 0.538. The van der Waals surface area contributed by atoms with Crippen LogP contribution in [-0.4, -0.2) is 85.9 Å². The van der Waals surface area contributed by atoms with Crippen molar-refractivity contribution < 1.29 is 38.1 Å². The summed E-state index contributed by atoms with van der Waals surface area (Å²) in [6, 6.07) is 16.1. The van der Waals surface area contributed by atoms with Gasteiger partial charge >= 0.3 is 18.0 Å². The molecule has 0 saturated carbocycles. The van der Waals surface area contributed by atoms with E-state index in [1.165, 1.54) is 15.9 Å². The quantitative estimate of drug-likeness (QED) is 0.0527. The number of rotatable bonds is 18. The van der Waals surface area contributed by atoms with Crippen LogP contribution in [0.1, 0.15) is 64.0 Å². The summed E-state index contributed by atoms with van der Waals surface area (Å²) >= 11 is 0. The Labute approximate surface area is 299 Å². The Morgan fingerprint density at radius 2 is 1.66 bits per heavy atom. The second-order valence-electron chi connectivity index (χ2n) is 14.9. The predicted octanol–water partition coefficient (Wildman–Crippen LogP) is 7.19. The number of carbonyl (C=O) groups excluding carboxylic acids is 4. The maximum absolute atomic E-state index is 14.5. The third-order valence-corrected chi connectivity index (χ3v) is 9.85. The van der Waals surface area contributed by atoms with E-state index in [1.54, 1.807) is 20.8 Å². The number of hydrogen-bond acceptors (Lipinski definition) is 8. The van der Waals surface area contributed by atoms with E-state index in [4.69, 9.17) is 18.9 Å². The summed E-state index contributed by atoms with van der Waals surface area (Å²) in [6.45, 7) is 17.2. The molecule has 1 fully saturated rings. The van der Waals surface area contributed by atoms with Gasteiger partial charge in [0.1, 0.15) is 30.0 Å². The summed E-state index contributed by atoms with van der Waals surface area (Å²) in [4.78, 5) is 56.3. The van der Waals surface area contributed by atoms with Crippen LogP contribution in [0.15, 0.2) is 67.3 Å². The maximum atomic E-state index is 14.5. The molecule has 2 aromatic rings. The molecule has 10 nitrogen and oxygen atoms in total. The number of amides is 2. The number of ether oxygens (including phenoxy) is 4. The minimum absolute atomic E-state index is 0.00539. The lowest BCUT2D eigenvalue weighted by Crippen LogP contribution is -2.54. The smallest absolute Gasteiger partial charge is 0.410 e. The first kappa shape index (κ1) is 40.3. The van der Waals surface area contributed by atoms with Gasteiger partial charge in [0.05, 0.1) is 13.2 Å². The van der Waals surface area contributed by atoms with Crippen molar-refractivity contribution in [2.45, 2.75) is 109 Å². The van der Waals surface area contributed by atoms with Crippen LogP contribution in [0, 0.1) is 0 Å². The first-order chi connectivity index (χ1) is 23.7. The highest BCUT2D eigenvalue weighted by Crippen LogP contribution is 2.26. The zero-order valence-corrected chi connectivity index (χ0v) is 31.8. The van der Waals surface area contributed by atoms with E-state index in [-0.39, 0.29) is 31.4 Å². The van der Waals surface area contributed by atoms with Crippen molar-refractivity contribution in [2.24, 2.45) is 0 Å². The molecule has 274 valence electrons. The van der Waals surface area contributed by atoms with Gasteiger partial charge in [0.25, 0.3) is 0 Å². The van der Waals surface area contributed by atoms with Crippen LogP contribution in [0.2, 0.25) is 25.7 Å². The van der Waals surface area contributed by atoms with Crippen molar-refractivity contribution in [3.63, 3.8) is 0 Å². The van der Waals surface area contributed by atoms with Gasteiger partial charge in [0, 0.05) is 34.0 Å². The van der Waals surface area contributed by atoms with Crippen LogP contribution < -0.4 is 4.74 Å². The van der Waals surface area contributed by atoms with E-state index in [1.807, 2.05) is 54.6 Å². The molecule has 2 aromatic carbocycles. The van der Waals surface area contributed by atoms with E-state index in [2.05, 4.69) is 26.2 Å². The molecule has 11 heteroatoms. The summed E-state index contributed by atoms with van der Waals surface area (Å²) in [6.07, 6.45) is 4.01. The highest BCUT2D eigenvalue weighted by molar-refractivity contribution is 6.76. The molecule has 3 rings (SSSR count). The molecule has 0 aromatic heterocycles. The molecule has 0 radical (unpaired) electrons. The van der Waals surface area contributed by atoms with Gasteiger partial charge in [-0.3, -0.25) is 14.5 Å². The molecule has 0 unspecified atom stereocenters. The lowest BCUT2D eigenvalue weighted by atomic mass is 10.0. The third-order valence-electron chi connectivity index (χ3n) is 8.15. The fourth-order valence-corrected chi connectivity index (χ4v) is 6.20. The largest absolute Gasteiger partial charge is 0.494 e. The zero-order chi connectivity index (χ0) is 36.7. The van der Waals surface area contributed by atoms with Crippen LogP contribution in [0.4, 0.5) is 4.79 Å². The molecule has 2 atom stereocenters. The molecule has 0 aliphatic carbocycles. The van der Waals surface area contributed by atoms with Crippen molar-refractivity contribution in [3.8, 4) is 5.75 Å². The number of benzene rings is 2. The second kappa shape index (κ2) is 19.3. The summed E-state index contributed by atoms with van der Waals surface area (Å²) in [7, 11) is -1.24. The van der Waals surface area contributed by atoms with Crippen molar-refractivity contribution >= 4 is 32.0 Å². The Morgan fingerprint density at radius 1 is 0.960 bits per heavy atom. The number of carbonyl (C=O) groups is 4. The van der Waals surface area contributed by atoms with Crippen LogP contribution in [0.25, 0.3) is 0 Å². The van der Waals surface area contributed by atoms with E-state index in [0.29, 0.717) is 57.6 Å². The van der Waals surface area contributed by atoms with Gasteiger partial charge < -0.3 is 23.8 Å². The first-order valence-corrected chi connectivity index (χ1v) is 21.4. The van der Waals surface area contributed by atoms with Crippen molar-refractivity contribution in [1.29, 1.82) is 0 Å². The van der Waals surface area contributed by atoms with E-state index >= 15 is 0 Å². The second-order valence-corrected chi connectivity index (χ2v) is 20.5. The zero-order valence-electron chi connectivity index (χ0n) is 30.8. The van der Waals surface area contributed by atoms with Crippen LogP contribution in [-0.2, 0) is 41.6 Å². The average Bonchev–Trinajstić information content (AvgIpc) is 3.55. The Morgan fingerprint density at radius 3 is 2.30 bits per heavy atom. The Kier molecular flexibility index (Phi) is 15.6. The van der Waals surface area contributed by atoms with Gasteiger partial charge in [0.2, 0.25) is 5.91 Å². The molecule has 1 heterocycles. The standard InChI is InChI=1S/C39H56N2O8Si/c1-8-24-48-37(44)34(28-30-15-10-9-11-16-30)41(36(43)33-17-14-23-40(33)38(45)49-39(2,3)4)29-31-19-21-32(22-20-31)46-25-13-12-18-35(42)47-26-27-50(5,6)7/h8-11,15-16,19-22,33-34H,1,12-14,17-18,23-29H2,2-7H3/t33-,34-/m0/s1. The van der Waals surface area contributed by atoms with Gasteiger partial charge in [-0.15, -0.1) is 0 Å². The SMILES string of the molecule is C=CCOC(=O)[C@H](Cc1ccccc1)N(Cc1ccc(OCCCCC(=O)OCC[Si](C)(C)C)cc1)C(=O)[C@@H]1CCCN1C(=O)OC(C)(C)C. The summed E-state index contributed by atoms with van der Waals surface area (Å²) in [5.41, 5.74) is 0.924. The first-order valence-electron chi connectivity index (χ1n) is 17.7. The van der Waals surface area contributed by atoms with Gasteiger partial charge in [-0.2, -0.15) is 0 Å². The van der Waals surface area contributed by atoms with Crippen LogP contribution in [0.5, 0.6) is 5.75 Å². The lowest BCUT2D eigenvalue weighted by molar-refractivity contribution is -0.156. The molecule has 0 N–H and O–H groups in total. The molecule has 2 amide bonds. The molecule has 1 aliphatic rings. The Hall–Kier alpha value is -4.12. The summed E-state index contributed by atoms with van der Waals surface area (Å²) in [5.74, 6) is -0.409. The highest BCUT2D eigenvalue weighted by Gasteiger charge is 2.42. The van der Waals surface area contributed by atoms with E-state index in [9.17, 15) is 19.2 Å². The molecule has 1 aliphatic heterocycles. The Bertz CT molecular complexity index is 1400. The predicted molar refractivity (Wildman–Crippen MR) is 197 cm³/mol. The minimum atomic E-state index is -1.24. The van der Waals surface area contributed by atoms with Crippen molar-refractivity contribution in [1.82, 2.24) is 9.80 Å². The van der Waals surface area contributed by atoms with Crippen molar-refractivity contribution in [3.05, 3.63) is 78.4 Å².